The smallest absolute Gasteiger partial charge is 0.282 e. The molecule has 126 valence electrons. The molecule has 1 saturated heterocycles. The molecule has 0 aromatic heterocycles. The summed E-state index contributed by atoms with van der Waals surface area (Å²) in [4.78, 5) is 10.6. The van der Waals surface area contributed by atoms with Crippen LogP contribution in [-0.4, -0.2) is 42.6 Å². The maximum absolute atomic E-state index is 12.3. The van der Waals surface area contributed by atoms with Crippen molar-refractivity contribution in [2.24, 2.45) is 0 Å². The summed E-state index contributed by atoms with van der Waals surface area (Å²) >= 11 is 0. The summed E-state index contributed by atoms with van der Waals surface area (Å²) in [7, 11) is -3.74. The largest absolute Gasteiger partial charge is 0.549 e. The van der Waals surface area contributed by atoms with Gasteiger partial charge in [0.2, 0.25) is 0 Å². The number of hydrogen-bond acceptors (Lipinski definition) is 4. The fourth-order valence-corrected chi connectivity index (χ4v) is 4.25. The summed E-state index contributed by atoms with van der Waals surface area (Å²) in [6.07, 6.45) is 0. The minimum Gasteiger partial charge on any atom is -0.549 e. The Morgan fingerprint density at radius 2 is 1.50 bits per heavy atom. The second kappa shape index (κ2) is 6.72. The number of carboxylic acid groups (broad SMARTS) is 1. The van der Waals surface area contributed by atoms with E-state index in [0.717, 1.165) is 21.0 Å². The van der Waals surface area contributed by atoms with Crippen LogP contribution >= 0.6 is 0 Å². The van der Waals surface area contributed by atoms with E-state index in [1.54, 1.807) is 0 Å². The minimum atomic E-state index is -3.74. The van der Waals surface area contributed by atoms with Gasteiger partial charge in [-0.1, -0.05) is 54.6 Å². The predicted octanol–water partition coefficient (Wildman–Crippen LogP) is 0.466. The zero-order valence-corrected chi connectivity index (χ0v) is 13.8. The van der Waals surface area contributed by atoms with Crippen molar-refractivity contribution in [2.75, 3.05) is 19.6 Å². The molecule has 0 spiro atoms. The Bertz CT molecular complexity index is 819. The molecule has 24 heavy (non-hydrogen) atoms. The first-order valence-corrected chi connectivity index (χ1v) is 8.96. The number of aliphatic carboxylic acids is 1. The Balaban J connectivity index is 1.72. The standard InChI is InChI=1S/C17H18N2O4S/c20-17(21)13-19-11-10-18(24(19,22)23)12-14-6-8-16(9-7-14)15-4-2-1-3-5-15/h1-9H,10-13H2,(H,20,21)/p-1. The van der Waals surface area contributed by atoms with Crippen LogP contribution in [0.1, 0.15) is 5.56 Å². The summed E-state index contributed by atoms with van der Waals surface area (Å²) < 4.78 is 26.8. The first-order chi connectivity index (χ1) is 11.5. The molecule has 1 aliphatic heterocycles. The van der Waals surface area contributed by atoms with Crippen LogP contribution in [0.5, 0.6) is 0 Å². The molecule has 0 radical (unpaired) electrons. The highest BCUT2D eigenvalue weighted by atomic mass is 32.2. The van der Waals surface area contributed by atoms with Crippen molar-refractivity contribution < 1.29 is 18.3 Å². The van der Waals surface area contributed by atoms with E-state index in [-0.39, 0.29) is 19.6 Å². The van der Waals surface area contributed by atoms with E-state index in [2.05, 4.69) is 0 Å². The molecule has 1 heterocycles. The monoisotopic (exact) mass is 345 g/mol. The summed E-state index contributed by atoms with van der Waals surface area (Å²) in [5, 5.41) is 10.6. The molecule has 0 unspecified atom stereocenters. The molecular formula is C17H17N2O4S-. The van der Waals surface area contributed by atoms with Crippen LogP contribution < -0.4 is 5.11 Å². The molecule has 2 aromatic carbocycles. The van der Waals surface area contributed by atoms with Crippen molar-refractivity contribution >= 4 is 16.2 Å². The lowest BCUT2D eigenvalue weighted by molar-refractivity contribution is -0.305. The third-order valence-electron chi connectivity index (χ3n) is 3.98. The Labute approximate surface area is 141 Å². The van der Waals surface area contributed by atoms with E-state index in [4.69, 9.17) is 0 Å². The molecule has 0 saturated carbocycles. The second-order valence-electron chi connectivity index (χ2n) is 5.61. The molecule has 6 nitrogen and oxygen atoms in total. The van der Waals surface area contributed by atoms with Crippen LogP contribution in [0.2, 0.25) is 0 Å². The van der Waals surface area contributed by atoms with Gasteiger partial charge in [0.05, 0.1) is 12.5 Å². The van der Waals surface area contributed by atoms with Gasteiger partial charge in [-0.05, 0) is 16.7 Å². The fourth-order valence-electron chi connectivity index (χ4n) is 2.72. The molecule has 0 bridgehead atoms. The van der Waals surface area contributed by atoms with Gasteiger partial charge in [0.15, 0.2) is 0 Å². The van der Waals surface area contributed by atoms with Crippen molar-refractivity contribution in [2.45, 2.75) is 6.54 Å². The lowest BCUT2D eigenvalue weighted by Crippen LogP contribution is -2.41. The van der Waals surface area contributed by atoms with Crippen LogP contribution in [0, 0.1) is 0 Å². The van der Waals surface area contributed by atoms with Crippen molar-refractivity contribution in [1.29, 1.82) is 0 Å². The topological polar surface area (TPSA) is 80.8 Å². The lowest BCUT2D eigenvalue weighted by atomic mass is 10.0. The number of carbonyl (C=O) groups is 1. The van der Waals surface area contributed by atoms with Gasteiger partial charge in [0, 0.05) is 19.6 Å². The van der Waals surface area contributed by atoms with Gasteiger partial charge in [-0.3, -0.25) is 0 Å². The van der Waals surface area contributed by atoms with Gasteiger partial charge in [-0.25, -0.2) is 0 Å². The molecule has 1 aliphatic rings. The van der Waals surface area contributed by atoms with E-state index >= 15 is 0 Å². The number of carboxylic acids is 1. The Kier molecular flexibility index (Phi) is 4.66. The Hall–Kier alpha value is -2.22. The molecule has 0 aliphatic carbocycles. The molecule has 3 rings (SSSR count). The number of nitrogens with zero attached hydrogens (tertiary/aromatic N) is 2. The normalized spacial score (nSPS) is 17.8. The maximum Gasteiger partial charge on any atom is 0.282 e. The van der Waals surface area contributed by atoms with Gasteiger partial charge in [0.1, 0.15) is 0 Å². The van der Waals surface area contributed by atoms with Crippen molar-refractivity contribution in [3.8, 4) is 11.1 Å². The van der Waals surface area contributed by atoms with Crippen LogP contribution in [0.4, 0.5) is 0 Å². The van der Waals surface area contributed by atoms with Crippen molar-refractivity contribution in [1.82, 2.24) is 8.61 Å². The fraction of sp³-hybridized carbons (Fsp3) is 0.235. The van der Waals surface area contributed by atoms with E-state index in [1.807, 2.05) is 54.6 Å². The van der Waals surface area contributed by atoms with E-state index in [1.165, 1.54) is 4.31 Å². The molecule has 0 N–H and O–H groups in total. The minimum absolute atomic E-state index is 0.165. The number of carbonyl (C=O) groups excluding carboxylic acids is 1. The van der Waals surface area contributed by atoms with Crippen molar-refractivity contribution in [3.05, 3.63) is 60.2 Å². The van der Waals surface area contributed by atoms with Crippen LogP contribution in [0.25, 0.3) is 11.1 Å². The Morgan fingerprint density at radius 3 is 2.12 bits per heavy atom. The zero-order valence-electron chi connectivity index (χ0n) is 13.0. The average Bonchev–Trinajstić information content (AvgIpc) is 2.83. The molecular weight excluding hydrogens is 328 g/mol. The van der Waals surface area contributed by atoms with Crippen LogP contribution in [0.3, 0.4) is 0 Å². The lowest BCUT2D eigenvalue weighted by Gasteiger charge is -2.19. The summed E-state index contributed by atoms with van der Waals surface area (Å²) in [5.41, 5.74) is 3.01. The van der Waals surface area contributed by atoms with E-state index in [0.29, 0.717) is 0 Å². The second-order valence-corrected chi connectivity index (χ2v) is 7.54. The zero-order chi connectivity index (χ0) is 17.2. The third-order valence-corrected chi connectivity index (χ3v) is 5.91. The highest BCUT2D eigenvalue weighted by molar-refractivity contribution is 7.87. The first-order valence-electron chi connectivity index (χ1n) is 7.56. The highest BCUT2D eigenvalue weighted by Crippen LogP contribution is 2.22. The average molecular weight is 345 g/mol. The van der Waals surface area contributed by atoms with Crippen molar-refractivity contribution in [3.63, 3.8) is 0 Å². The van der Waals surface area contributed by atoms with Gasteiger partial charge in [0.25, 0.3) is 10.2 Å². The van der Waals surface area contributed by atoms with E-state index < -0.39 is 22.7 Å². The SMILES string of the molecule is O=C([O-])CN1CCN(Cc2ccc(-c3ccccc3)cc2)S1(=O)=O. The first kappa shape index (κ1) is 16.6. The van der Waals surface area contributed by atoms with Crippen LogP contribution in [0.15, 0.2) is 54.6 Å². The maximum atomic E-state index is 12.3. The summed E-state index contributed by atoms with van der Waals surface area (Å²) in [6.45, 7) is 0.0567. The quantitative estimate of drug-likeness (QED) is 0.789. The molecule has 0 atom stereocenters. The van der Waals surface area contributed by atoms with Gasteiger partial charge >= 0.3 is 0 Å². The van der Waals surface area contributed by atoms with Gasteiger partial charge in [-0.2, -0.15) is 17.0 Å². The predicted molar refractivity (Wildman–Crippen MR) is 87.8 cm³/mol. The van der Waals surface area contributed by atoms with Crippen LogP contribution in [-0.2, 0) is 21.5 Å². The molecule has 2 aromatic rings. The molecule has 1 fully saturated rings. The number of rotatable bonds is 5. The third kappa shape index (κ3) is 3.48. The number of hydrogen-bond donors (Lipinski definition) is 0. The highest BCUT2D eigenvalue weighted by Gasteiger charge is 2.36. The van der Waals surface area contributed by atoms with E-state index in [9.17, 15) is 18.3 Å². The number of benzene rings is 2. The summed E-state index contributed by atoms with van der Waals surface area (Å²) in [6, 6.07) is 17.6. The Morgan fingerprint density at radius 1 is 0.917 bits per heavy atom. The summed E-state index contributed by atoms with van der Waals surface area (Å²) in [5.74, 6) is -1.40. The molecule has 0 amide bonds. The van der Waals surface area contributed by atoms with Gasteiger partial charge in [-0.15, -0.1) is 0 Å². The van der Waals surface area contributed by atoms with Gasteiger partial charge < -0.3 is 9.90 Å². The molecule has 7 heteroatoms.